The number of carboxylic acid groups (broad SMARTS) is 1. The van der Waals surface area contributed by atoms with E-state index in [-0.39, 0.29) is 18.5 Å². The molecule has 0 bridgehead atoms. The van der Waals surface area contributed by atoms with Crippen LogP contribution in [-0.4, -0.2) is 36.2 Å². The van der Waals surface area contributed by atoms with Crippen LogP contribution in [0.3, 0.4) is 0 Å². The van der Waals surface area contributed by atoms with E-state index in [9.17, 15) is 19.5 Å². The summed E-state index contributed by atoms with van der Waals surface area (Å²) in [7, 11) is 0. The van der Waals surface area contributed by atoms with Gasteiger partial charge in [0.1, 0.15) is 13.2 Å². The summed E-state index contributed by atoms with van der Waals surface area (Å²) in [5, 5.41) is 9.34. The van der Waals surface area contributed by atoms with Crippen LogP contribution in [0.4, 0.5) is 0 Å². The van der Waals surface area contributed by atoms with Gasteiger partial charge in [0.15, 0.2) is 0 Å². The van der Waals surface area contributed by atoms with Crippen LogP contribution in [0.1, 0.15) is 59.3 Å². The van der Waals surface area contributed by atoms with Crippen molar-refractivity contribution in [2.75, 3.05) is 13.2 Å². The average Bonchev–Trinajstić information content (AvgIpc) is 3.03. The first-order chi connectivity index (χ1) is 13.3. The Morgan fingerprint density at radius 3 is 2.36 bits per heavy atom. The molecule has 1 rings (SSSR count). The number of rotatable bonds is 12. The van der Waals surface area contributed by atoms with Crippen molar-refractivity contribution in [3.8, 4) is 0 Å². The summed E-state index contributed by atoms with van der Waals surface area (Å²) in [5.41, 5.74) is 3.20. The van der Waals surface area contributed by atoms with Crippen LogP contribution in [-0.2, 0) is 23.9 Å². The SMILES string of the molecule is CC(=O)OC/C(C)=C\CC/C(=C/CC/C(C)=C/CCC1=CCOC1=O)C(=O)O. The van der Waals surface area contributed by atoms with E-state index in [4.69, 9.17) is 9.47 Å². The standard InChI is InChI=1S/C22H30O6/c1-16(8-5-12-20-13-14-27-22(20)26)7-4-10-19(21(24)25)11-6-9-17(2)15-28-18(3)23/h8-10,13H,4-7,11-12,14-15H2,1-3H3,(H,24,25)/b16-8+,17-9-,19-10-. The minimum Gasteiger partial charge on any atom is -0.478 e. The Hall–Kier alpha value is -2.63. The summed E-state index contributed by atoms with van der Waals surface area (Å²) in [6.07, 6.45) is 11.5. The number of cyclic esters (lactones) is 1. The summed E-state index contributed by atoms with van der Waals surface area (Å²) in [5.74, 6) is -1.46. The molecule has 0 amide bonds. The largest absolute Gasteiger partial charge is 0.478 e. The zero-order chi connectivity index (χ0) is 20.9. The molecule has 154 valence electrons. The molecule has 28 heavy (non-hydrogen) atoms. The number of carbonyl (C=O) groups is 3. The lowest BCUT2D eigenvalue weighted by Gasteiger charge is -2.04. The van der Waals surface area contributed by atoms with E-state index in [0.29, 0.717) is 37.9 Å². The fourth-order valence-corrected chi connectivity index (χ4v) is 2.69. The van der Waals surface area contributed by atoms with Gasteiger partial charge in [-0.05, 0) is 64.0 Å². The van der Waals surface area contributed by atoms with Crippen molar-refractivity contribution in [1.82, 2.24) is 0 Å². The van der Waals surface area contributed by atoms with Gasteiger partial charge in [-0.1, -0.05) is 23.8 Å². The number of hydrogen-bond donors (Lipinski definition) is 1. The molecular formula is C22H30O6. The smallest absolute Gasteiger partial charge is 0.334 e. The lowest BCUT2D eigenvalue weighted by molar-refractivity contribution is -0.140. The first-order valence-electron chi connectivity index (χ1n) is 9.52. The van der Waals surface area contributed by atoms with Gasteiger partial charge in [0.2, 0.25) is 0 Å². The van der Waals surface area contributed by atoms with Crippen molar-refractivity contribution in [1.29, 1.82) is 0 Å². The van der Waals surface area contributed by atoms with E-state index in [1.165, 1.54) is 12.5 Å². The van der Waals surface area contributed by atoms with Crippen molar-refractivity contribution < 1.29 is 29.0 Å². The number of carboxylic acids is 1. The third-order valence-corrected chi connectivity index (χ3v) is 4.33. The van der Waals surface area contributed by atoms with Gasteiger partial charge in [0.25, 0.3) is 0 Å². The molecule has 0 fully saturated rings. The Bertz CT molecular complexity index is 694. The predicted octanol–water partition coefficient (Wildman–Crippen LogP) is 4.28. The van der Waals surface area contributed by atoms with Crippen molar-refractivity contribution in [2.24, 2.45) is 0 Å². The van der Waals surface area contributed by atoms with Crippen LogP contribution in [0.15, 0.2) is 46.6 Å². The second kappa shape index (κ2) is 12.7. The summed E-state index contributed by atoms with van der Waals surface area (Å²) in [6.45, 7) is 5.83. The average molecular weight is 390 g/mol. The summed E-state index contributed by atoms with van der Waals surface area (Å²) >= 11 is 0. The van der Waals surface area contributed by atoms with Crippen LogP contribution < -0.4 is 0 Å². The normalized spacial score (nSPS) is 15.3. The summed E-state index contributed by atoms with van der Waals surface area (Å²) in [6, 6.07) is 0. The van der Waals surface area contributed by atoms with Crippen molar-refractivity contribution in [2.45, 2.75) is 59.3 Å². The van der Waals surface area contributed by atoms with Gasteiger partial charge < -0.3 is 14.6 Å². The lowest BCUT2D eigenvalue weighted by atomic mass is 10.0. The highest BCUT2D eigenvalue weighted by Crippen LogP contribution is 2.16. The van der Waals surface area contributed by atoms with Gasteiger partial charge in [-0.25, -0.2) is 9.59 Å². The van der Waals surface area contributed by atoms with Crippen LogP contribution >= 0.6 is 0 Å². The maximum absolute atomic E-state index is 11.4. The van der Waals surface area contributed by atoms with Gasteiger partial charge >= 0.3 is 17.9 Å². The van der Waals surface area contributed by atoms with E-state index < -0.39 is 5.97 Å². The quantitative estimate of drug-likeness (QED) is 0.304. The third kappa shape index (κ3) is 9.90. The minimum atomic E-state index is -0.903. The van der Waals surface area contributed by atoms with Crippen molar-refractivity contribution >= 4 is 17.9 Å². The van der Waals surface area contributed by atoms with Crippen LogP contribution in [0.25, 0.3) is 0 Å². The van der Waals surface area contributed by atoms with Gasteiger partial charge in [-0.15, -0.1) is 0 Å². The molecule has 0 radical (unpaired) electrons. The molecule has 1 heterocycles. The Morgan fingerprint density at radius 2 is 1.75 bits per heavy atom. The molecule has 0 unspecified atom stereocenters. The second-order valence-electron chi connectivity index (χ2n) is 6.86. The minimum absolute atomic E-state index is 0.225. The molecule has 0 aliphatic carbocycles. The lowest BCUT2D eigenvalue weighted by Crippen LogP contribution is -2.02. The maximum atomic E-state index is 11.4. The van der Waals surface area contributed by atoms with E-state index >= 15 is 0 Å². The Labute approximate surface area is 166 Å². The van der Waals surface area contributed by atoms with Gasteiger partial charge in [0.05, 0.1) is 0 Å². The van der Waals surface area contributed by atoms with Crippen LogP contribution in [0.2, 0.25) is 0 Å². The number of aliphatic carboxylic acids is 1. The first kappa shape index (κ1) is 23.4. The molecule has 0 aromatic rings. The molecule has 1 aliphatic rings. The highest BCUT2D eigenvalue weighted by molar-refractivity contribution is 5.90. The molecule has 0 atom stereocenters. The van der Waals surface area contributed by atoms with E-state index in [2.05, 4.69) is 6.08 Å². The fourth-order valence-electron chi connectivity index (χ4n) is 2.69. The summed E-state index contributed by atoms with van der Waals surface area (Å²) in [4.78, 5) is 33.5. The Balaban J connectivity index is 2.39. The monoisotopic (exact) mass is 390 g/mol. The second-order valence-corrected chi connectivity index (χ2v) is 6.86. The van der Waals surface area contributed by atoms with Gasteiger partial charge in [-0.2, -0.15) is 0 Å². The maximum Gasteiger partial charge on any atom is 0.334 e. The molecule has 0 saturated carbocycles. The number of esters is 2. The third-order valence-electron chi connectivity index (χ3n) is 4.33. The van der Waals surface area contributed by atoms with Gasteiger partial charge in [0, 0.05) is 18.1 Å². The molecule has 0 saturated heterocycles. The van der Waals surface area contributed by atoms with Crippen molar-refractivity contribution in [3.05, 3.63) is 46.6 Å². The number of carbonyl (C=O) groups excluding carboxylic acids is 2. The molecular weight excluding hydrogens is 360 g/mol. The topological polar surface area (TPSA) is 89.9 Å². The van der Waals surface area contributed by atoms with Crippen LogP contribution in [0, 0.1) is 0 Å². The van der Waals surface area contributed by atoms with Crippen LogP contribution in [0.5, 0.6) is 0 Å². The molecule has 0 aromatic heterocycles. The predicted molar refractivity (Wildman–Crippen MR) is 107 cm³/mol. The molecule has 1 N–H and O–H groups in total. The van der Waals surface area contributed by atoms with E-state index in [1.54, 1.807) is 6.08 Å². The highest BCUT2D eigenvalue weighted by atomic mass is 16.5. The number of hydrogen-bond acceptors (Lipinski definition) is 5. The fraction of sp³-hybridized carbons (Fsp3) is 0.500. The molecule has 6 heteroatoms. The van der Waals surface area contributed by atoms with Crippen molar-refractivity contribution in [3.63, 3.8) is 0 Å². The summed E-state index contributed by atoms with van der Waals surface area (Å²) < 4.78 is 9.76. The molecule has 1 aliphatic heterocycles. The molecule has 0 spiro atoms. The highest BCUT2D eigenvalue weighted by Gasteiger charge is 2.15. The van der Waals surface area contributed by atoms with E-state index in [0.717, 1.165) is 24.0 Å². The zero-order valence-corrected chi connectivity index (χ0v) is 17.0. The Kier molecular flexibility index (Phi) is 10.6. The number of allylic oxidation sites excluding steroid dienone is 4. The van der Waals surface area contributed by atoms with Gasteiger partial charge in [-0.3, -0.25) is 4.79 Å². The zero-order valence-electron chi connectivity index (χ0n) is 17.0. The Morgan fingerprint density at radius 1 is 1.07 bits per heavy atom. The molecule has 6 nitrogen and oxygen atoms in total. The van der Waals surface area contributed by atoms with E-state index in [1.807, 2.05) is 26.0 Å². The molecule has 0 aromatic carbocycles. The number of ether oxygens (including phenoxy) is 2. The first-order valence-corrected chi connectivity index (χ1v) is 9.52.